The van der Waals surface area contributed by atoms with E-state index in [-0.39, 0.29) is 5.69 Å². The average Bonchev–Trinajstić information content (AvgIpc) is 2.91. The minimum Gasteiger partial charge on any atom is -0.464 e. The zero-order chi connectivity index (χ0) is 14.0. The van der Waals surface area contributed by atoms with Crippen molar-refractivity contribution in [1.29, 1.82) is 0 Å². The lowest BCUT2D eigenvalue weighted by Crippen LogP contribution is -2.10. The van der Waals surface area contributed by atoms with Crippen LogP contribution in [0, 0.1) is 13.8 Å². The third-order valence-electron chi connectivity index (χ3n) is 2.83. The Kier molecular flexibility index (Phi) is 3.84. The van der Waals surface area contributed by atoms with Crippen molar-refractivity contribution in [1.82, 2.24) is 14.5 Å². The van der Waals surface area contributed by atoms with Gasteiger partial charge in [-0.3, -0.25) is 0 Å². The molecule has 102 valence electrons. The summed E-state index contributed by atoms with van der Waals surface area (Å²) in [6.45, 7) is 4.43. The molecule has 0 amide bonds. The Morgan fingerprint density at radius 1 is 1.47 bits per heavy atom. The van der Waals surface area contributed by atoms with Gasteiger partial charge >= 0.3 is 5.97 Å². The minimum absolute atomic E-state index is 0.175. The molecule has 2 N–H and O–H groups in total. The van der Waals surface area contributed by atoms with Crippen LogP contribution in [0.15, 0.2) is 5.38 Å². The van der Waals surface area contributed by atoms with Crippen LogP contribution in [-0.2, 0) is 17.7 Å². The number of imidazole rings is 1. The monoisotopic (exact) mass is 280 g/mol. The van der Waals surface area contributed by atoms with Gasteiger partial charge in [0.05, 0.1) is 17.8 Å². The summed E-state index contributed by atoms with van der Waals surface area (Å²) in [6.07, 6.45) is 0.756. The summed E-state index contributed by atoms with van der Waals surface area (Å²) < 4.78 is 6.45. The van der Waals surface area contributed by atoms with Gasteiger partial charge in [0.2, 0.25) is 0 Å². The second-order valence-electron chi connectivity index (χ2n) is 4.14. The number of carbonyl (C=O) groups excluding carboxylic acids is 1. The first-order chi connectivity index (χ1) is 9.02. The van der Waals surface area contributed by atoms with Crippen molar-refractivity contribution in [3.63, 3.8) is 0 Å². The van der Waals surface area contributed by atoms with Crippen molar-refractivity contribution in [2.24, 2.45) is 0 Å². The number of hydrogen-bond acceptors (Lipinski definition) is 6. The molecule has 0 atom stereocenters. The summed E-state index contributed by atoms with van der Waals surface area (Å²) in [5.41, 5.74) is 7.13. The highest BCUT2D eigenvalue weighted by Crippen LogP contribution is 2.17. The molecule has 0 bridgehead atoms. The molecule has 2 rings (SSSR count). The fourth-order valence-electron chi connectivity index (χ4n) is 1.86. The van der Waals surface area contributed by atoms with E-state index in [2.05, 4.69) is 14.7 Å². The standard InChI is InChI=1S/C12H16N4O2S/c1-7-14-10(12(17)18-3)11(13)16(7)5-4-9-6-19-8(2)15-9/h6H,4-5,13H2,1-3H3. The van der Waals surface area contributed by atoms with Crippen LogP contribution in [0.1, 0.15) is 27.0 Å². The third-order valence-corrected chi connectivity index (χ3v) is 3.66. The maximum absolute atomic E-state index is 11.5. The van der Waals surface area contributed by atoms with Crippen molar-refractivity contribution < 1.29 is 9.53 Å². The van der Waals surface area contributed by atoms with Gasteiger partial charge in [0.25, 0.3) is 0 Å². The first kappa shape index (κ1) is 13.5. The van der Waals surface area contributed by atoms with Gasteiger partial charge in [0.15, 0.2) is 5.69 Å². The number of thiazole rings is 1. The number of aryl methyl sites for hydroxylation is 3. The molecule has 0 unspecified atom stereocenters. The fourth-order valence-corrected chi connectivity index (χ4v) is 2.51. The van der Waals surface area contributed by atoms with Crippen molar-refractivity contribution >= 4 is 23.1 Å². The van der Waals surface area contributed by atoms with Crippen LogP contribution in [-0.4, -0.2) is 27.6 Å². The molecule has 0 aromatic carbocycles. The molecule has 0 saturated carbocycles. The number of nitrogen functional groups attached to an aromatic ring is 1. The van der Waals surface area contributed by atoms with Gasteiger partial charge in [-0.1, -0.05) is 0 Å². The minimum atomic E-state index is -0.510. The van der Waals surface area contributed by atoms with Crippen LogP contribution >= 0.6 is 11.3 Å². The van der Waals surface area contributed by atoms with Gasteiger partial charge in [-0.25, -0.2) is 14.8 Å². The Morgan fingerprint density at radius 2 is 2.21 bits per heavy atom. The maximum Gasteiger partial charge on any atom is 0.360 e. The lowest BCUT2D eigenvalue weighted by molar-refractivity contribution is 0.0595. The SMILES string of the molecule is COC(=O)c1nc(C)n(CCc2csc(C)n2)c1N. The predicted octanol–water partition coefficient (Wildman–Crippen LogP) is 1.57. The Bertz CT molecular complexity index is 603. The molecule has 0 fully saturated rings. The quantitative estimate of drug-likeness (QED) is 0.859. The molecule has 7 heteroatoms. The fraction of sp³-hybridized carbons (Fsp3) is 0.417. The van der Waals surface area contributed by atoms with E-state index >= 15 is 0 Å². The average molecular weight is 280 g/mol. The Balaban J connectivity index is 2.16. The number of rotatable bonds is 4. The van der Waals surface area contributed by atoms with E-state index in [4.69, 9.17) is 5.73 Å². The predicted molar refractivity (Wildman–Crippen MR) is 73.3 cm³/mol. The summed E-state index contributed by atoms with van der Waals surface area (Å²) >= 11 is 1.62. The van der Waals surface area contributed by atoms with Crippen molar-refractivity contribution in [2.75, 3.05) is 12.8 Å². The molecule has 0 saturated heterocycles. The Hall–Kier alpha value is -1.89. The number of anilines is 1. The number of carbonyl (C=O) groups is 1. The summed E-state index contributed by atoms with van der Waals surface area (Å²) in [5, 5.41) is 3.07. The lowest BCUT2D eigenvalue weighted by atomic mass is 10.3. The van der Waals surface area contributed by atoms with Crippen LogP contribution in [0.5, 0.6) is 0 Å². The number of aromatic nitrogens is 3. The van der Waals surface area contributed by atoms with E-state index in [0.717, 1.165) is 17.1 Å². The second-order valence-corrected chi connectivity index (χ2v) is 5.21. The zero-order valence-corrected chi connectivity index (χ0v) is 12.0. The highest BCUT2D eigenvalue weighted by atomic mass is 32.1. The molecule has 19 heavy (non-hydrogen) atoms. The number of hydrogen-bond donors (Lipinski definition) is 1. The van der Waals surface area contributed by atoms with Gasteiger partial charge in [0, 0.05) is 18.3 Å². The normalized spacial score (nSPS) is 10.7. The van der Waals surface area contributed by atoms with Crippen LogP contribution in [0.4, 0.5) is 5.82 Å². The summed E-state index contributed by atoms with van der Waals surface area (Å²) in [6, 6.07) is 0. The topological polar surface area (TPSA) is 83.0 Å². The lowest BCUT2D eigenvalue weighted by Gasteiger charge is -2.06. The molecule has 0 aliphatic heterocycles. The van der Waals surface area contributed by atoms with E-state index in [9.17, 15) is 4.79 Å². The molecular formula is C12H16N4O2S. The van der Waals surface area contributed by atoms with E-state index < -0.39 is 5.97 Å². The summed E-state index contributed by atoms with van der Waals surface area (Å²) in [5.74, 6) is 0.532. The molecule has 6 nitrogen and oxygen atoms in total. The first-order valence-electron chi connectivity index (χ1n) is 5.85. The maximum atomic E-state index is 11.5. The van der Waals surface area contributed by atoms with Crippen molar-refractivity contribution in [3.8, 4) is 0 Å². The zero-order valence-electron chi connectivity index (χ0n) is 11.1. The Morgan fingerprint density at radius 3 is 2.79 bits per heavy atom. The van der Waals surface area contributed by atoms with Gasteiger partial charge < -0.3 is 15.0 Å². The molecule has 0 radical (unpaired) electrons. The van der Waals surface area contributed by atoms with Crippen LogP contribution < -0.4 is 5.73 Å². The van der Waals surface area contributed by atoms with E-state index in [1.54, 1.807) is 15.9 Å². The number of ether oxygens (including phenoxy) is 1. The van der Waals surface area contributed by atoms with Crippen LogP contribution in [0.25, 0.3) is 0 Å². The number of nitrogens with two attached hydrogens (primary N) is 1. The second kappa shape index (κ2) is 5.40. The number of methoxy groups -OCH3 is 1. The molecule has 2 heterocycles. The van der Waals surface area contributed by atoms with Gasteiger partial charge in [-0.2, -0.15) is 0 Å². The molecule has 2 aromatic heterocycles. The van der Waals surface area contributed by atoms with E-state index in [1.165, 1.54) is 7.11 Å². The first-order valence-corrected chi connectivity index (χ1v) is 6.72. The van der Waals surface area contributed by atoms with Crippen LogP contribution in [0.2, 0.25) is 0 Å². The third kappa shape index (κ3) is 2.76. The molecule has 0 aliphatic rings. The summed E-state index contributed by atoms with van der Waals surface area (Å²) in [4.78, 5) is 20.0. The number of esters is 1. The highest BCUT2D eigenvalue weighted by molar-refractivity contribution is 7.09. The molecule has 0 spiro atoms. The Labute approximate surface area is 115 Å². The van der Waals surface area contributed by atoms with E-state index in [0.29, 0.717) is 18.2 Å². The van der Waals surface area contributed by atoms with E-state index in [1.807, 2.05) is 19.2 Å². The molecule has 0 aliphatic carbocycles. The summed E-state index contributed by atoms with van der Waals surface area (Å²) in [7, 11) is 1.31. The molecular weight excluding hydrogens is 264 g/mol. The van der Waals surface area contributed by atoms with Crippen molar-refractivity contribution in [3.05, 3.63) is 27.6 Å². The van der Waals surface area contributed by atoms with Gasteiger partial charge in [-0.05, 0) is 13.8 Å². The number of nitrogens with zero attached hydrogens (tertiary/aromatic N) is 3. The van der Waals surface area contributed by atoms with Crippen LogP contribution in [0.3, 0.4) is 0 Å². The molecule has 2 aromatic rings. The largest absolute Gasteiger partial charge is 0.464 e. The van der Waals surface area contributed by atoms with Gasteiger partial charge in [0.1, 0.15) is 11.6 Å². The van der Waals surface area contributed by atoms with Gasteiger partial charge in [-0.15, -0.1) is 11.3 Å². The highest BCUT2D eigenvalue weighted by Gasteiger charge is 2.18. The smallest absolute Gasteiger partial charge is 0.360 e. The van der Waals surface area contributed by atoms with Crippen molar-refractivity contribution in [2.45, 2.75) is 26.8 Å².